The molecule has 4 heteroatoms. The van der Waals surface area contributed by atoms with Crippen LogP contribution in [0.1, 0.15) is 46.0 Å². The van der Waals surface area contributed by atoms with Crippen LogP contribution in [0.3, 0.4) is 0 Å². The van der Waals surface area contributed by atoms with Gasteiger partial charge < -0.3 is 9.53 Å². The molecular formula is C13H20O4. The first-order valence-corrected chi connectivity index (χ1v) is 5.96. The Labute approximate surface area is 102 Å². The number of esters is 1. The summed E-state index contributed by atoms with van der Waals surface area (Å²) < 4.78 is 4.55. The molecule has 0 aliphatic heterocycles. The van der Waals surface area contributed by atoms with Gasteiger partial charge in [0.25, 0.3) is 0 Å². The summed E-state index contributed by atoms with van der Waals surface area (Å²) in [6, 6.07) is 0. The lowest BCUT2D eigenvalue weighted by Gasteiger charge is -2.39. The van der Waals surface area contributed by atoms with Gasteiger partial charge in [0.15, 0.2) is 5.78 Å². The Morgan fingerprint density at radius 3 is 2.59 bits per heavy atom. The van der Waals surface area contributed by atoms with E-state index in [1.165, 1.54) is 7.11 Å². The normalized spacial score (nSPS) is 27.6. The third kappa shape index (κ3) is 2.73. The van der Waals surface area contributed by atoms with Crippen molar-refractivity contribution in [3.05, 3.63) is 0 Å². The van der Waals surface area contributed by atoms with Crippen LogP contribution in [0, 0.1) is 10.8 Å². The maximum Gasteiger partial charge on any atom is 0.305 e. The van der Waals surface area contributed by atoms with Crippen LogP contribution in [-0.4, -0.2) is 25.1 Å². The van der Waals surface area contributed by atoms with Crippen LogP contribution in [-0.2, 0) is 19.1 Å². The average molecular weight is 240 g/mol. The first-order chi connectivity index (χ1) is 7.88. The van der Waals surface area contributed by atoms with E-state index in [9.17, 15) is 14.4 Å². The topological polar surface area (TPSA) is 60.4 Å². The van der Waals surface area contributed by atoms with E-state index in [1.807, 2.05) is 13.8 Å². The molecule has 0 amide bonds. The molecule has 0 N–H and O–H groups in total. The number of ether oxygens (including phenoxy) is 1. The maximum absolute atomic E-state index is 12.3. The van der Waals surface area contributed by atoms with Gasteiger partial charge in [-0.25, -0.2) is 0 Å². The molecule has 0 aromatic carbocycles. The van der Waals surface area contributed by atoms with Gasteiger partial charge in [-0.2, -0.15) is 0 Å². The quantitative estimate of drug-likeness (QED) is 0.428. The molecule has 0 spiro atoms. The zero-order valence-corrected chi connectivity index (χ0v) is 10.7. The van der Waals surface area contributed by atoms with Crippen molar-refractivity contribution in [3.8, 4) is 0 Å². The van der Waals surface area contributed by atoms with Crippen molar-refractivity contribution in [1.29, 1.82) is 0 Å². The molecule has 4 nitrogen and oxygen atoms in total. The lowest BCUT2D eigenvalue weighted by Crippen LogP contribution is -2.45. The Morgan fingerprint density at radius 2 is 2.06 bits per heavy atom. The number of rotatable bonds is 4. The molecule has 0 heterocycles. The molecule has 0 aromatic heterocycles. The summed E-state index contributed by atoms with van der Waals surface area (Å²) in [5.74, 6) is -0.405. The van der Waals surface area contributed by atoms with Crippen LogP contribution in [0.4, 0.5) is 0 Å². The minimum Gasteiger partial charge on any atom is -0.469 e. The second kappa shape index (κ2) is 4.98. The fraction of sp³-hybridized carbons (Fsp3) is 0.769. The third-order valence-electron chi connectivity index (χ3n) is 3.72. The first kappa shape index (κ1) is 13.9. The molecule has 0 radical (unpaired) electrons. The number of Topliss-reactive ketones (excluding diaryl/α,β-unsaturated/α-hetero) is 1. The van der Waals surface area contributed by atoms with E-state index >= 15 is 0 Å². The highest BCUT2D eigenvalue weighted by Gasteiger charge is 2.48. The Balaban J connectivity index is 2.83. The van der Waals surface area contributed by atoms with Crippen molar-refractivity contribution < 1.29 is 19.1 Å². The van der Waals surface area contributed by atoms with E-state index in [0.717, 1.165) is 19.1 Å². The fourth-order valence-electron chi connectivity index (χ4n) is 2.58. The van der Waals surface area contributed by atoms with Crippen molar-refractivity contribution in [2.45, 2.75) is 46.0 Å². The summed E-state index contributed by atoms with van der Waals surface area (Å²) >= 11 is 0. The number of hydrogen-bond acceptors (Lipinski definition) is 4. The van der Waals surface area contributed by atoms with Gasteiger partial charge in [-0.1, -0.05) is 20.3 Å². The van der Waals surface area contributed by atoms with Gasteiger partial charge in [0.2, 0.25) is 0 Å². The Bertz CT molecular complexity index is 332. The first-order valence-electron chi connectivity index (χ1n) is 5.96. The standard InChI is InChI=1S/C13H20O4/c1-12(2)6-4-7-13(9-14,11(12)16)8-5-10(15)17-3/h9H,4-8H2,1-3H3. The van der Waals surface area contributed by atoms with Crippen molar-refractivity contribution >= 4 is 18.0 Å². The highest BCUT2D eigenvalue weighted by atomic mass is 16.5. The molecule has 1 rings (SSSR count). The summed E-state index contributed by atoms with van der Waals surface area (Å²) in [5.41, 5.74) is -1.44. The molecule has 0 saturated heterocycles. The van der Waals surface area contributed by atoms with E-state index in [4.69, 9.17) is 0 Å². The molecule has 1 saturated carbocycles. The SMILES string of the molecule is COC(=O)CCC1(C=O)CCCC(C)(C)C1=O. The van der Waals surface area contributed by atoms with E-state index in [0.29, 0.717) is 6.42 Å². The summed E-state index contributed by atoms with van der Waals surface area (Å²) in [5, 5.41) is 0. The van der Waals surface area contributed by atoms with Gasteiger partial charge in [-0.3, -0.25) is 9.59 Å². The molecule has 1 aliphatic carbocycles. The highest BCUT2D eigenvalue weighted by Crippen LogP contribution is 2.44. The molecule has 1 unspecified atom stereocenters. The number of carbonyl (C=O) groups excluding carboxylic acids is 3. The number of carbonyl (C=O) groups is 3. The smallest absolute Gasteiger partial charge is 0.305 e. The van der Waals surface area contributed by atoms with Gasteiger partial charge in [-0.05, 0) is 19.3 Å². The molecule has 0 aromatic rings. The second-order valence-electron chi connectivity index (χ2n) is 5.42. The molecule has 1 aliphatic rings. The van der Waals surface area contributed by atoms with E-state index in [2.05, 4.69) is 4.74 Å². The summed E-state index contributed by atoms with van der Waals surface area (Å²) in [6.45, 7) is 3.73. The largest absolute Gasteiger partial charge is 0.469 e. The summed E-state index contributed by atoms with van der Waals surface area (Å²) in [7, 11) is 1.31. The van der Waals surface area contributed by atoms with Crippen LogP contribution in [0.15, 0.2) is 0 Å². The van der Waals surface area contributed by atoms with Crippen molar-refractivity contribution in [2.24, 2.45) is 10.8 Å². The van der Waals surface area contributed by atoms with E-state index in [1.54, 1.807) is 0 Å². The minimum absolute atomic E-state index is 0.0323. The predicted molar refractivity (Wildman–Crippen MR) is 62.4 cm³/mol. The zero-order valence-electron chi connectivity index (χ0n) is 10.7. The van der Waals surface area contributed by atoms with Crippen LogP contribution in [0.25, 0.3) is 0 Å². The van der Waals surface area contributed by atoms with Crippen molar-refractivity contribution in [3.63, 3.8) is 0 Å². The van der Waals surface area contributed by atoms with Crippen LogP contribution >= 0.6 is 0 Å². The van der Waals surface area contributed by atoms with E-state index < -0.39 is 10.8 Å². The lowest BCUT2D eigenvalue weighted by atomic mass is 9.61. The third-order valence-corrected chi connectivity index (χ3v) is 3.72. The highest BCUT2D eigenvalue weighted by molar-refractivity contribution is 6.02. The summed E-state index contributed by atoms with van der Waals surface area (Å²) in [6.07, 6.45) is 3.33. The Hall–Kier alpha value is -1.19. The number of hydrogen-bond donors (Lipinski definition) is 0. The molecule has 0 bridgehead atoms. The maximum atomic E-state index is 12.3. The molecular weight excluding hydrogens is 220 g/mol. The molecule has 1 atom stereocenters. The Morgan fingerprint density at radius 1 is 1.41 bits per heavy atom. The lowest BCUT2D eigenvalue weighted by molar-refractivity contribution is -0.148. The monoisotopic (exact) mass is 240 g/mol. The van der Waals surface area contributed by atoms with Gasteiger partial charge in [0, 0.05) is 11.8 Å². The van der Waals surface area contributed by atoms with E-state index in [-0.39, 0.29) is 24.6 Å². The van der Waals surface area contributed by atoms with Crippen LogP contribution < -0.4 is 0 Å². The summed E-state index contributed by atoms with van der Waals surface area (Å²) in [4.78, 5) is 34.8. The second-order valence-corrected chi connectivity index (χ2v) is 5.42. The van der Waals surface area contributed by atoms with Gasteiger partial charge in [-0.15, -0.1) is 0 Å². The zero-order chi connectivity index (χ0) is 13.1. The van der Waals surface area contributed by atoms with Crippen LogP contribution in [0.5, 0.6) is 0 Å². The van der Waals surface area contributed by atoms with Crippen LogP contribution in [0.2, 0.25) is 0 Å². The molecule has 17 heavy (non-hydrogen) atoms. The number of aldehydes is 1. The molecule has 96 valence electrons. The van der Waals surface area contributed by atoms with Gasteiger partial charge >= 0.3 is 5.97 Å². The van der Waals surface area contributed by atoms with Crippen molar-refractivity contribution in [1.82, 2.24) is 0 Å². The molecule has 1 fully saturated rings. The predicted octanol–water partition coefficient (Wildman–Crippen LogP) is 1.90. The Kier molecular flexibility index (Phi) is 4.07. The number of ketones is 1. The minimum atomic E-state index is -0.976. The van der Waals surface area contributed by atoms with Gasteiger partial charge in [0.05, 0.1) is 12.5 Å². The van der Waals surface area contributed by atoms with Crippen molar-refractivity contribution in [2.75, 3.05) is 7.11 Å². The number of methoxy groups -OCH3 is 1. The van der Waals surface area contributed by atoms with Gasteiger partial charge in [0.1, 0.15) is 6.29 Å². The average Bonchev–Trinajstić information content (AvgIpc) is 2.31. The fourth-order valence-corrected chi connectivity index (χ4v) is 2.58.